The summed E-state index contributed by atoms with van der Waals surface area (Å²) < 4.78 is 5.21. The predicted molar refractivity (Wildman–Crippen MR) is 102 cm³/mol. The first kappa shape index (κ1) is 19.3. The second-order valence-electron chi connectivity index (χ2n) is 5.63. The molecular formula is C19H20ClNO3S. The molecule has 0 aliphatic rings. The third kappa shape index (κ3) is 5.80. The zero-order valence-corrected chi connectivity index (χ0v) is 15.9. The van der Waals surface area contributed by atoms with E-state index in [0.29, 0.717) is 10.7 Å². The first-order valence-electron chi connectivity index (χ1n) is 7.81. The summed E-state index contributed by atoms with van der Waals surface area (Å²) in [6.07, 6.45) is -0.886. The number of nitrogens with one attached hydrogen (secondary N) is 1. The van der Waals surface area contributed by atoms with Gasteiger partial charge in [-0.1, -0.05) is 35.9 Å². The Morgan fingerprint density at radius 3 is 2.60 bits per heavy atom. The molecule has 0 fully saturated rings. The van der Waals surface area contributed by atoms with Crippen LogP contribution in [0.4, 0.5) is 5.69 Å². The smallest absolute Gasteiger partial charge is 0.317 e. The van der Waals surface area contributed by atoms with E-state index < -0.39 is 12.1 Å². The summed E-state index contributed by atoms with van der Waals surface area (Å²) in [7, 11) is 0. The van der Waals surface area contributed by atoms with Gasteiger partial charge in [0.15, 0.2) is 6.10 Å². The highest BCUT2D eigenvalue weighted by Gasteiger charge is 2.19. The SMILES string of the molecule is Cc1ccc(Cl)cc1NC(=O)C(C)OC(=O)CSc1ccccc1C. The number of rotatable bonds is 6. The summed E-state index contributed by atoms with van der Waals surface area (Å²) in [6.45, 7) is 5.39. The summed E-state index contributed by atoms with van der Waals surface area (Å²) in [5.74, 6) is -0.670. The molecule has 1 N–H and O–H groups in total. The topological polar surface area (TPSA) is 55.4 Å². The van der Waals surface area contributed by atoms with Crippen molar-refractivity contribution in [1.82, 2.24) is 0 Å². The quantitative estimate of drug-likeness (QED) is 0.589. The molecule has 0 spiro atoms. The summed E-state index contributed by atoms with van der Waals surface area (Å²) in [5, 5.41) is 3.26. The maximum atomic E-state index is 12.2. The fraction of sp³-hybridized carbons (Fsp3) is 0.263. The van der Waals surface area contributed by atoms with E-state index in [1.807, 2.05) is 44.2 Å². The molecule has 4 nitrogen and oxygen atoms in total. The van der Waals surface area contributed by atoms with Crippen molar-refractivity contribution in [3.63, 3.8) is 0 Å². The van der Waals surface area contributed by atoms with Crippen molar-refractivity contribution in [2.75, 3.05) is 11.1 Å². The first-order chi connectivity index (χ1) is 11.9. The molecule has 1 atom stereocenters. The molecular weight excluding hydrogens is 358 g/mol. The van der Waals surface area contributed by atoms with Gasteiger partial charge in [0.05, 0.1) is 5.75 Å². The van der Waals surface area contributed by atoms with E-state index in [1.54, 1.807) is 19.1 Å². The van der Waals surface area contributed by atoms with Crippen LogP contribution in [0.5, 0.6) is 0 Å². The highest BCUT2D eigenvalue weighted by Crippen LogP contribution is 2.22. The van der Waals surface area contributed by atoms with Crippen LogP contribution >= 0.6 is 23.4 Å². The Morgan fingerprint density at radius 2 is 1.88 bits per heavy atom. The van der Waals surface area contributed by atoms with Gasteiger partial charge >= 0.3 is 5.97 Å². The van der Waals surface area contributed by atoms with Crippen LogP contribution in [0.15, 0.2) is 47.4 Å². The molecule has 6 heteroatoms. The Labute approximate surface area is 156 Å². The molecule has 2 aromatic carbocycles. The molecule has 0 aromatic heterocycles. The fourth-order valence-corrected chi connectivity index (χ4v) is 3.09. The van der Waals surface area contributed by atoms with E-state index in [2.05, 4.69) is 5.32 Å². The number of anilines is 1. The van der Waals surface area contributed by atoms with Crippen LogP contribution in [0.2, 0.25) is 5.02 Å². The Bertz CT molecular complexity index is 779. The molecule has 0 bridgehead atoms. The number of thioether (sulfide) groups is 1. The molecule has 1 amide bonds. The van der Waals surface area contributed by atoms with Gasteiger partial charge in [0.25, 0.3) is 5.91 Å². The molecule has 132 valence electrons. The average Bonchev–Trinajstić information content (AvgIpc) is 2.57. The largest absolute Gasteiger partial charge is 0.452 e. The van der Waals surface area contributed by atoms with E-state index in [-0.39, 0.29) is 11.7 Å². The van der Waals surface area contributed by atoms with Crippen LogP contribution in [-0.2, 0) is 14.3 Å². The second kappa shape index (κ2) is 8.92. The Morgan fingerprint density at radius 1 is 1.16 bits per heavy atom. The number of ether oxygens (including phenoxy) is 1. The van der Waals surface area contributed by atoms with Gasteiger partial charge in [-0.2, -0.15) is 0 Å². The number of benzene rings is 2. The molecule has 0 aliphatic heterocycles. The van der Waals surface area contributed by atoms with Crippen LogP contribution in [0.3, 0.4) is 0 Å². The third-order valence-electron chi connectivity index (χ3n) is 3.57. The number of carbonyl (C=O) groups excluding carboxylic acids is 2. The van der Waals surface area contributed by atoms with Crippen molar-refractivity contribution < 1.29 is 14.3 Å². The highest BCUT2D eigenvalue weighted by molar-refractivity contribution is 8.00. The summed E-state index contributed by atoms with van der Waals surface area (Å²) in [4.78, 5) is 25.2. The lowest BCUT2D eigenvalue weighted by molar-refractivity contribution is -0.150. The van der Waals surface area contributed by atoms with Gasteiger partial charge in [-0.3, -0.25) is 9.59 Å². The molecule has 0 radical (unpaired) electrons. The predicted octanol–water partition coefficient (Wildman–Crippen LogP) is 4.62. The monoisotopic (exact) mass is 377 g/mol. The van der Waals surface area contributed by atoms with Crippen LogP contribution in [0.25, 0.3) is 0 Å². The second-order valence-corrected chi connectivity index (χ2v) is 7.09. The molecule has 0 saturated heterocycles. The number of carbonyl (C=O) groups is 2. The van der Waals surface area contributed by atoms with E-state index in [1.165, 1.54) is 11.8 Å². The van der Waals surface area contributed by atoms with E-state index in [9.17, 15) is 9.59 Å². The zero-order chi connectivity index (χ0) is 18.4. The van der Waals surface area contributed by atoms with E-state index >= 15 is 0 Å². The number of amides is 1. The van der Waals surface area contributed by atoms with Crippen LogP contribution in [0.1, 0.15) is 18.1 Å². The van der Waals surface area contributed by atoms with Crippen molar-refractivity contribution in [1.29, 1.82) is 0 Å². The van der Waals surface area contributed by atoms with Gasteiger partial charge in [0.2, 0.25) is 0 Å². The molecule has 25 heavy (non-hydrogen) atoms. The average molecular weight is 378 g/mol. The normalized spacial score (nSPS) is 11.7. The van der Waals surface area contributed by atoms with Gasteiger partial charge in [-0.05, 0) is 50.1 Å². The van der Waals surface area contributed by atoms with Gasteiger partial charge in [-0.15, -0.1) is 11.8 Å². The number of esters is 1. The van der Waals surface area contributed by atoms with E-state index in [4.69, 9.17) is 16.3 Å². The minimum Gasteiger partial charge on any atom is -0.452 e. The Hall–Kier alpha value is -1.98. The Balaban J connectivity index is 1.87. The Kier molecular flexibility index (Phi) is 6.91. The molecule has 0 aliphatic carbocycles. The van der Waals surface area contributed by atoms with Crippen LogP contribution in [-0.4, -0.2) is 23.7 Å². The lowest BCUT2D eigenvalue weighted by Crippen LogP contribution is -2.30. The van der Waals surface area contributed by atoms with Crippen molar-refractivity contribution in [3.05, 3.63) is 58.6 Å². The van der Waals surface area contributed by atoms with Gasteiger partial charge in [0.1, 0.15) is 0 Å². The first-order valence-corrected chi connectivity index (χ1v) is 9.18. The standard InChI is InChI=1S/C19H20ClNO3S/c1-12-8-9-15(20)10-16(12)21-19(23)14(3)24-18(22)11-25-17-7-5-4-6-13(17)2/h4-10,14H,11H2,1-3H3,(H,21,23). The number of hydrogen-bond acceptors (Lipinski definition) is 4. The molecule has 0 saturated carbocycles. The summed E-state index contributed by atoms with van der Waals surface area (Å²) in [6, 6.07) is 13.0. The molecule has 1 unspecified atom stereocenters. The van der Waals surface area contributed by atoms with Gasteiger partial charge < -0.3 is 10.1 Å². The maximum Gasteiger partial charge on any atom is 0.317 e. The highest BCUT2D eigenvalue weighted by atomic mass is 35.5. The minimum atomic E-state index is -0.886. The number of aryl methyl sites for hydroxylation is 2. The summed E-state index contributed by atoms with van der Waals surface area (Å²) >= 11 is 7.33. The number of halogens is 1. The third-order valence-corrected chi connectivity index (χ3v) is 4.96. The lowest BCUT2D eigenvalue weighted by atomic mass is 10.2. The van der Waals surface area contributed by atoms with Crippen LogP contribution < -0.4 is 5.32 Å². The van der Waals surface area contributed by atoms with Crippen molar-refractivity contribution in [3.8, 4) is 0 Å². The van der Waals surface area contributed by atoms with Crippen molar-refractivity contribution >= 4 is 40.9 Å². The van der Waals surface area contributed by atoms with Gasteiger partial charge in [-0.25, -0.2) is 0 Å². The van der Waals surface area contributed by atoms with Gasteiger partial charge in [0, 0.05) is 15.6 Å². The minimum absolute atomic E-state index is 0.151. The molecule has 2 rings (SSSR count). The lowest BCUT2D eigenvalue weighted by Gasteiger charge is -2.15. The number of hydrogen-bond donors (Lipinski definition) is 1. The molecule has 0 heterocycles. The fourth-order valence-electron chi connectivity index (χ4n) is 2.10. The summed E-state index contributed by atoms with van der Waals surface area (Å²) in [5.41, 5.74) is 2.59. The van der Waals surface area contributed by atoms with Crippen LogP contribution in [0, 0.1) is 13.8 Å². The maximum absolute atomic E-state index is 12.2. The van der Waals surface area contributed by atoms with Crippen molar-refractivity contribution in [2.24, 2.45) is 0 Å². The van der Waals surface area contributed by atoms with Crippen molar-refractivity contribution in [2.45, 2.75) is 31.8 Å². The molecule has 2 aromatic rings. The zero-order valence-electron chi connectivity index (χ0n) is 14.3. The van der Waals surface area contributed by atoms with E-state index in [0.717, 1.165) is 16.0 Å².